The zero-order valence-corrected chi connectivity index (χ0v) is 14.1. The van der Waals surface area contributed by atoms with Crippen molar-refractivity contribution in [3.05, 3.63) is 0 Å². The first-order valence-corrected chi connectivity index (χ1v) is 9.63. The molecule has 1 saturated heterocycles. The van der Waals surface area contributed by atoms with E-state index in [2.05, 4.69) is 25.9 Å². The summed E-state index contributed by atoms with van der Waals surface area (Å²) in [4.78, 5) is 11.6. The summed E-state index contributed by atoms with van der Waals surface area (Å²) in [6, 6.07) is 0. The van der Waals surface area contributed by atoms with Crippen molar-refractivity contribution < 1.29 is 14.7 Å². The quantitative estimate of drug-likeness (QED) is 0.371. The molecular formula is C15H23NO3Se. The molecule has 1 heterocycles. The Balaban J connectivity index is 1.72. The van der Waals surface area contributed by atoms with Crippen LogP contribution in [0.15, 0.2) is 5.16 Å². The van der Waals surface area contributed by atoms with Gasteiger partial charge in [0.05, 0.1) is 0 Å². The zero-order chi connectivity index (χ0) is 14.5. The Bertz CT molecular complexity index is 462. The normalized spacial score (nSPS) is 44.2. The molecule has 1 aliphatic heterocycles. The minimum atomic E-state index is -0.0536. The number of hydrogen-bond acceptors (Lipinski definition) is 4. The number of carbonyl (C=O) groups excluding carboxylic acids is 1. The van der Waals surface area contributed by atoms with Crippen molar-refractivity contribution in [1.29, 1.82) is 0 Å². The van der Waals surface area contributed by atoms with E-state index in [0.29, 0.717) is 32.1 Å². The van der Waals surface area contributed by atoms with E-state index in [4.69, 9.17) is 4.74 Å². The average molecular weight is 344 g/mol. The number of carbonyl (C=O) groups is 1. The Labute approximate surface area is 126 Å². The minimum absolute atomic E-state index is 0.0468. The molecule has 0 aromatic heterocycles. The van der Waals surface area contributed by atoms with Crippen molar-refractivity contribution in [2.24, 2.45) is 21.9 Å². The van der Waals surface area contributed by atoms with Crippen LogP contribution in [0.1, 0.15) is 46.5 Å². The van der Waals surface area contributed by atoms with Crippen LogP contribution in [0.25, 0.3) is 0 Å². The van der Waals surface area contributed by atoms with Gasteiger partial charge < -0.3 is 0 Å². The summed E-state index contributed by atoms with van der Waals surface area (Å²) in [7, 11) is 0. The van der Waals surface area contributed by atoms with Crippen LogP contribution in [-0.4, -0.2) is 37.9 Å². The third kappa shape index (κ3) is 1.86. The summed E-state index contributed by atoms with van der Waals surface area (Å²) < 4.78 is 5.32. The Morgan fingerprint density at radius 2 is 2.15 bits per heavy atom. The predicted octanol–water partition coefficient (Wildman–Crippen LogP) is 2.89. The number of fused-ring (bicyclic) bond motifs is 2. The molecule has 0 aromatic carbocycles. The third-order valence-electron chi connectivity index (χ3n) is 6.04. The Morgan fingerprint density at radius 1 is 1.40 bits per heavy atom. The topological polar surface area (TPSA) is 58.9 Å². The van der Waals surface area contributed by atoms with Crippen LogP contribution in [-0.2, 0) is 9.53 Å². The molecule has 112 valence electrons. The van der Waals surface area contributed by atoms with Crippen LogP contribution in [0.3, 0.4) is 0 Å². The molecule has 4 nitrogen and oxygen atoms in total. The van der Waals surface area contributed by atoms with E-state index in [-0.39, 0.29) is 22.9 Å². The fourth-order valence-corrected chi connectivity index (χ4v) is 8.14. The average Bonchev–Trinajstić information content (AvgIpc) is 2.94. The van der Waals surface area contributed by atoms with Gasteiger partial charge in [-0.15, -0.1) is 0 Å². The van der Waals surface area contributed by atoms with Gasteiger partial charge in [0.2, 0.25) is 0 Å². The van der Waals surface area contributed by atoms with E-state index >= 15 is 0 Å². The van der Waals surface area contributed by atoms with Crippen molar-refractivity contribution in [2.75, 3.05) is 0 Å². The van der Waals surface area contributed by atoms with E-state index in [1.165, 1.54) is 6.42 Å². The Hall–Kier alpha value is -0.541. The van der Waals surface area contributed by atoms with Gasteiger partial charge in [-0.1, -0.05) is 0 Å². The van der Waals surface area contributed by atoms with E-state index in [1.54, 1.807) is 0 Å². The van der Waals surface area contributed by atoms with Crippen LogP contribution in [0.2, 0.25) is 10.1 Å². The van der Waals surface area contributed by atoms with Gasteiger partial charge in [0.1, 0.15) is 0 Å². The van der Waals surface area contributed by atoms with Gasteiger partial charge in [0, 0.05) is 0 Å². The van der Waals surface area contributed by atoms with Crippen LogP contribution >= 0.6 is 0 Å². The molecule has 2 aliphatic carbocycles. The fraction of sp³-hybridized carbons (Fsp3) is 0.867. The van der Waals surface area contributed by atoms with Gasteiger partial charge in [-0.3, -0.25) is 0 Å². The second-order valence-electron chi connectivity index (χ2n) is 7.09. The first-order chi connectivity index (χ1) is 9.40. The fourth-order valence-electron chi connectivity index (χ4n) is 4.30. The molecule has 2 bridgehead atoms. The standard InChI is InChI=1S/C15H23NO3Se/c1-14(2)10-6-7-15(14,3)13(16-18)12(10)20-8-9-4-5-11(17)19-9/h9-10,12,18H,4-8H2,1-3H3/b16-13-/t9?,10-,12+,15+/m1/s1. The molecule has 2 saturated carbocycles. The SMILES string of the molecule is CC1(C)[C@@H]2CC[C@@]1(C)/C(=N\O)[C@H]2[Se]CC1CCC(=O)O1. The summed E-state index contributed by atoms with van der Waals surface area (Å²) in [5.41, 5.74) is 1.28. The van der Waals surface area contributed by atoms with Crippen molar-refractivity contribution in [2.45, 2.75) is 62.7 Å². The predicted molar refractivity (Wildman–Crippen MR) is 77.3 cm³/mol. The zero-order valence-electron chi connectivity index (χ0n) is 12.4. The summed E-state index contributed by atoms with van der Waals surface area (Å²) in [5.74, 6) is 0.567. The Morgan fingerprint density at radius 3 is 2.75 bits per heavy atom. The third-order valence-corrected chi connectivity index (χ3v) is 9.14. The van der Waals surface area contributed by atoms with Gasteiger partial charge in [0.25, 0.3) is 0 Å². The molecule has 20 heavy (non-hydrogen) atoms. The molecule has 1 N–H and O–H groups in total. The second kappa shape index (κ2) is 4.74. The molecule has 3 rings (SSSR count). The van der Waals surface area contributed by atoms with E-state index < -0.39 is 0 Å². The molecule has 3 fully saturated rings. The first-order valence-electron chi connectivity index (χ1n) is 7.43. The summed E-state index contributed by atoms with van der Waals surface area (Å²) >= 11 is 0.344. The number of oxime groups is 1. The number of rotatable bonds is 3. The number of hydrogen-bond donors (Lipinski definition) is 1. The van der Waals surface area contributed by atoms with Gasteiger partial charge in [-0.2, -0.15) is 0 Å². The van der Waals surface area contributed by atoms with Crippen molar-refractivity contribution in [3.8, 4) is 0 Å². The molecule has 1 unspecified atom stereocenters. The van der Waals surface area contributed by atoms with Crippen molar-refractivity contribution in [3.63, 3.8) is 0 Å². The van der Waals surface area contributed by atoms with Crippen molar-refractivity contribution >= 4 is 26.6 Å². The molecule has 0 aromatic rings. The number of ether oxygens (including phenoxy) is 1. The maximum absolute atomic E-state index is 11.2. The molecule has 5 heteroatoms. The Kier molecular flexibility index (Phi) is 3.41. The van der Waals surface area contributed by atoms with Gasteiger partial charge >= 0.3 is 126 Å². The number of esters is 1. The first kappa shape index (κ1) is 14.4. The molecule has 3 aliphatic rings. The van der Waals surface area contributed by atoms with Gasteiger partial charge in [0.15, 0.2) is 0 Å². The maximum atomic E-state index is 11.2. The number of nitrogens with zero attached hydrogens (tertiary/aromatic N) is 1. The number of cyclic esters (lactones) is 1. The van der Waals surface area contributed by atoms with Crippen LogP contribution in [0.4, 0.5) is 0 Å². The molecule has 4 atom stereocenters. The van der Waals surface area contributed by atoms with Gasteiger partial charge in [-0.25, -0.2) is 0 Å². The summed E-state index contributed by atoms with van der Waals surface area (Å²) in [6.07, 6.45) is 3.91. The van der Waals surface area contributed by atoms with Crippen LogP contribution in [0.5, 0.6) is 0 Å². The molecular weight excluding hydrogens is 321 g/mol. The summed E-state index contributed by atoms with van der Waals surface area (Å²) in [5, 5.41) is 14.2. The van der Waals surface area contributed by atoms with E-state index in [9.17, 15) is 10.0 Å². The van der Waals surface area contributed by atoms with E-state index in [1.807, 2.05) is 0 Å². The van der Waals surface area contributed by atoms with Crippen LogP contribution in [0, 0.1) is 16.7 Å². The second-order valence-corrected chi connectivity index (χ2v) is 9.55. The molecule has 0 radical (unpaired) electrons. The van der Waals surface area contributed by atoms with Gasteiger partial charge in [-0.05, 0) is 0 Å². The molecule has 0 amide bonds. The van der Waals surface area contributed by atoms with Crippen molar-refractivity contribution in [1.82, 2.24) is 0 Å². The van der Waals surface area contributed by atoms with Crippen LogP contribution < -0.4 is 0 Å². The summed E-state index contributed by atoms with van der Waals surface area (Å²) in [6.45, 7) is 6.90. The monoisotopic (exact) mass is 345 g/mol. The van der Waals surface area contributed by atoms with E-state index in [0.717, 1.165) is 23.9 Å². The molecule has 0 spiro atoms.